The lowest BCUT2D eigenvalue weighted by molar-refractivity contribution is -0.140. The van der Waals surface area contributed by atoms with Crippen LogP contribution in [0.2, 0.25) is 0 Å². The van der Waals surface area contributed by atoms with Crippen LogP contribution in [0.5, 0.6) is 0 Å². The lowest BCUT2D eigenvalue weighted by Gasteiger charge is -2.40. The van der Waals surface area contributed by atoms with Crippen molar-refractivity contribution in [2.45, 2.75) is 32.2 Å². The van der Waals surface area contributed by atoms with E-state index in [1.807, 2.05) is 13.8 Å². The number of morpholine rings is 1. The number of hydrogen-bond donors (Lipinski definition) is 0. The van der Waals surface area contributed by atoms with Gasteiger partial charge in [-0.15, -0.1) is 0 Å². The zero-order chi connectivity index (χ0) is 13.8. The predicted molar refractivity (Wildman–Crippen MR) is 66.6 cm³/mol. The van der Waals surface area contributed by atoms with Crippen LogP contribution in [0.25, 0.3) is 0 Å². The van der Waals surface area contributed by atoms with Crippen molar-refractivity contribution >= 4 is 16.0 Å². The van der Waals surface area contributed by atoms with Gasteiger partial charge in [0.25, 0.3) is 0 Å². The molecule has 0 spiro atoms. The van der Waals surface area contributed by atoms with Crippen LogP contribution in [0.3, 0.4) is 0 Å². The Hall–Kier alpha value is -0.660. The molecule has 1 rings (SSSR count). The highest BCUT2D eigenvalue weighted by atomic mass is 32.2. The molecule has 0 saturated carbocycles. The summed E-state index contributed by atoms with van der Waals surface area (Å²) in [6.45, 7) is 4.85. The second-order valence-electron chi connectivity index (χ2n) is 4.93. The van der Waals surface area contributed by atoms with Gasteiger partial charge in [-0.2, -0.15) is 4.31 Å². The van der Waals surface area contributed by atoms with Crippen molar-refractivity contribution in [3.63, 3.8) is 0 Å². The topological polar surface area (TPSA) is 72.9 Å². The Labute approximate surface area is 108 Å². The summed E-state index contributed by atoms with van der Waals surface area (Å²) in [5, 5.41) is 0. The lowest BCUT2D eigenvalue weighted by atomic mass is 10.1. The monoisotopic (exact) mass is 279 g/mol. The minimum atomic E-state index is -3.35. The zero-order valence-corrected chi connectivity index (χ0v) is 12.0. The summed E-state index contributed by atoms with van der Waals surface area (Å²) in [6, 6.07) is 0. The molecule has 7 heteroatoms. The molecular weight excluding hydrogens is 258 g/mol. The molecule has 1 aliphatic heterocycles. The summed E-state index contributed by atoms with van der Waals surface area (Å²) in [4.78, 5) is 11.0. The number of rotatable bonds is 5. The quantitative estimate of drug-likeness (QED) is 0.680. The Morgan fingerprint density at radius 2 is 2.11 bits per heavy atom. The van der Waals surface area contributed by atoms with E-state index in [4.69, 9.17) is 4.74 Å². The number of methoxy groups -OCH3 is 1. The van der Waals surface area contributed by atoms with Gasteiger partial charge in [-0.3, -0.25) is 4.79 Å². The fourth-order valence-electron chi connectivity index (χ4n) is 1.97. The third kappa shape index (κ3) is 3.93. The van der Waals surface area contributed by atoms with E-state index in [2.05, 4.69) is 4.74 Å². The molecule has 106 valence electrons. The molecule has 0 N–H and O–H groups in total. The molecule has 1 fully saturated rings. The number of carbonyl (C=O) groups is 1. The summed E-state index contributed by atoms with van der Waals surface area (Å²) >= 11 is 0. The Morgan fingerprint density at radius 1 is 1.44 bits per heavy atom. The van der Waals surface area contributed by atoms with Gasteiger partial charge in [0.05, 0.1) is 31.6 Å². The first-order valence-electron chi connectivity index (χ1n) is 5.95. The summed E-state index contributed by atoms with van der Waals surface area (Å²) < 4.78 is 35.6. The summed E-state index contributed by atoms with van der Waals surface area (Å²) in [5.74, 6) is -0.419. The molecule has 1 saturated heterocycles. The fourth-order valence-corrected chi connectivity index (χ4v) is 3.86. The van der Waals surface area contributed by atoms with Crippen LogP contribution in [0.1, 0.15) is 26.7 Å². The van der Waals surface area contributed by atoms with Gasteiger partial charge in [-0.1, -0.05) is 0 Å². The zero-order valence-electron chi connectivity index (χ0n) is 11.1. The molecule has 18 heavy (non-hydrogen) atoms. The highest BCUT2D eigenvalue weighted by Crippen LogP contribution is 2.23. The van der Waals surface area contributed by atoms with Gasteiger partial charge in [-0.05, 0) is 20.3 Å². The van der Waals surface area contributed by atoms with E-state index < -0.39 is 15.6 Å². The molecule has 0 unspecified atom stereocenters. The van der Waals surface area contributed by atoms with Gasteiger partial charge in [0.15, 0.2) is 0 Å². The van der Waals surface area contributed by atoms with Gasteiger partial charge in [0.1, 0.15) is 0 Å². The molecule has 0 aromatic heterocycles. The maximum Gasteiger partial charge on any atom is 0.305 e. The highest BCUT2D eigenvalue weighted by molar-refractivity contribution is 7.89. The SMILES string of the molecule is COC(=O)CCCS(=O)(=O)N1CCOCC1(C)C. The van der Waals surface area contributed by atoms with E-state index in [-0.39, 0.29) is 24.6 Å². The summed E-state index contributed by atoms with van der Waals surface area (Å²) in [6.07, 6.45) is 0.406. The molecule has 0 amide bonds. The van der Waals surface area contributed by atoms with Crippen LogP contribution in [-0.4, -0.2) is 56.9 Å². The summed E-state index contributed by atoms with van der Waals surface area (Å²) in [5.41, 5.74) is -0.525. The minimum Gasteiger partial charge on any atom is -0.469 e. The normalized spacial score (nSPS) is 20.6. The Morgan fingerprint density at radius 3 is 2.67 bits per heavy atom. The second-order valence-corrected chi connectivity index (χ2v) is 6.95. The molecule has 0 aliphatic carbocycles. The molecule has 0 aromatic carbocycles. The first kappa shape index (κ1) is 15.4. The number of ether oxygens (including phenoxy) is 2. The van der Waals surface area contributed by atoms with Gasteiger partial charge in [-0.25, -0.2) is 8.42 Å². The van der Waals surface area contributed by atoms with Crippen molar-refractivity contribution < 1.29 is 22.7 Å². The van der Waals surface area contributed by atoms with Crippen molar-refractivity contribution in [3.05, 3.63) is 0 Å². The van der Waals surface area contributed by atoms with Gasteiger partial charge in [0.2, 0.25) is 10.0 Å². The van der Waals surface area contributed by atoms with Crippen molar-refractivity contribution in [3.8, 4) is 0 Å². The van der Waals surface area contributed by atoms with Crippen molar-refractivity contribution in [2.75, 3.05) is 32.6 Å². The molecule has 1 aliphatic rings. The van der Waals surface area contributed by atoms with E-state index in [1.54, 1.807) is 0 Å². The van der Waals surface area contributed by atoms with E-state index >= 15 is 0 Å². The molecule has 0 radical (unpaired) electrons. The molecule has 0 bridgehead atoms. The predicted octanol–water partition coefficient (Wildman–Crippen LogP) is 0.380. The first-order chi connectivity index (χ1) is 8.29. The minimum absolute atomic E-state index is 0.0362. The number of sulfonamides is 1. The van der Waals surface area contributed by atoms with E-state index in [0.29, 0.717) is 19.8 Å². The van der Waals surface area contributed by atoms with Crippen LogP contribution >= 0.6 is 0 Å². The number of carbonyl (C=O) groups excluding carboxylic acids is 1. The van der Waals surface area contributed by atoms with E-state index in [0.717, 1.165) is 0 Å². The number of esters is 1. The Balaban J connectivity index is 2.59. The third-order valence-electron chi connectivity index (χ3n) is 2.92. The Bertz CT molecular complexity index is 390. The van der Waals surface area contributed by atoms with Gasteiger partial charge in [0, 0.05) is 13.0 Å². The van der Waals surface area contributed by atoms with Crippen LogP contribution in [0.15, 0.2) is 0 Å². The van der Waals surface area contributed by atoms with Crippen LogP contribution < -0.4 is 0 Å². The first-order valence-corrected chi connectivity index (χ1v) is 7.55. The maximum absolute atomic E-state index is 12.2. The molecule has 6 nitrogen and oxygen atoms in total. The van der Waals surface area contributed by atoms with Crippen molar-refractivity contribution in [1.29, 1.82) is 0 Å². The lowest BCUT2D eigenvalue weighted by Crippen LogP contribution is -2.55. The average Bonchev–Trinajstić information content (AvgIpc) is 2.27. The Kier molecular flexibility index (Phi) is 5.12. The molecular formula is C11H21NO5S. The third-order valence-corrected chi connectivity index (χ3v) is 5.07. The molecule has 0 aromatic rings. The highest BCUT2D eigenvalue weighted by Gasteiger charge is 2.38. The molecule has 1 heterocycles. The average molecular weight is 279 g/mol. The summed E-state index contributed by atoms with van der Waals surface area (Å²) in [7, 11) is -2.06. The standard InChI is InChI=1S/C11H21NO5S/c1-11(2)9-17-7-6-12(11)18(14,15)8-4-5-10(13)16-3/h4-9H2,1-3H3. The van der Waals surface area contributed by atoms with Crippen LogP contribution in [0, 0.1) is 0 Å². The largest absolute Gasteiger partial charge is 0.469 e. The molecule has 0 atom stereocenters. The number of nitrogens with zero attached hydrogens (tertiary/aromatic N) is 1. The van der Waals surface area contributed by atoms with Crippen LogP contribution in [0.4, 0.5) is 0 Å². The second kappa shape index (κ2) is 5.99. The van der Waals surface area contributed by atoms with E-state index in [9.17, 15) is 13.2 Å². The van der Waals surface area contributed by atoms with E-state index in [1.165, 1.54) is 11.4 Å². The van der Waals surface area contributed by atoms with Gasteiger partial charge < -0.3 is 9.47 Å². The maximum atomic E-state index is 12.2. The fraction of sp³-hybridized carbons (Fsp3) is 0.909. The smallest absolute Gasteiger partial charge is 0.305 e. The van der Waals surface area contributed by atoms with Crippen LogP contribution in [-0.2, 0) is 24.3 Å². The number of hydrogen-bond acceptors (Lipinski definition) is 5. The van der Waals surface area contributed by atoms with Crippen molar-refractivity contribution in [1.82, 2.24) is 4.31 Å². The van der Waals surface area contributed by atoms with Gasteiger partial charge >= 0.3 is 5.97 Å². The van der Waals surface area contributed by atoms with Crippen molar-refractivity contribution in [2.24, 2.45) is 0 Å².